The minimum Gasteiger partial charge on any atom is -0.367 e. The van der Waals surface area contributed by atoms with Gasteiger partial charge < -0.3 is 10.3 Å². The summed E-state index contributed by atoms with van der Waals surface area (Å²) in [6.07, 6.45) is 0. The predicted octanol–water partition coefficient (Wildman–Crippen LogP) is 5.21. The Bertz CT molecular complexity index is 812. The van der Waals surface area contributed by atoms with Crippen molar-refractivity contribution in [3.63, 3.8) is 0 Å². The van der Waals surface area contributed by atoms with Gasteiger partial charge in [-0.15, -0.1) is 0 Å². The zero-order chi connectivity index (χ0) is 15.0. The minimum atomic E-state index is 0.217. The second-order valence-electron chi connectivity index (χ2n) is 4.73. The number of halogens is 2. The summed E-state index contributed by atoms with van der Waals surface area (Å²) in [5.74, 6) is 0.217. The second-order valence-corrected chi connectivity index (χ2v) is 5.55. The monoisotopic (exact) mass is 318 g/mol. The molecule has 2 N–H and O–H groups in total. The number of hydrogen-bond acceptors (Lipinski definition) is 3. The fraction of sp³-hybridized carbons (Fsp3) is 0.0625. The lowest BCUT2D eigenvalue weighted by molar-refractivity contribution is 0.439. The smallest absolute Gasteiger partial charge is 0.230 e. The van der Waals surface area contributed by atoms with Gasteiger partial charge in [-0.3, -0.25) is 0 Å². The molecule has 21 heavy (non-hydrogen) atoms. The highest BCUT2D eigenvalue weighted by molar-refractivity contribution is 6.34. The molecule has 3 nitrogen and oxygen atoms in total. The minimum absolute atomic E-state index is 0.217. The third-order valence-electron chi connectivity index (χ3n) is 3.24. The topological polar surface area (TPSA) is 52.0 Å². The number of aromatic nitrogens is 1. The third kappa shape index (κ3) is 2.50. The van der Waals surface area contributed by atoms with Crippen molar-refractivity contribution in [2.75, 3.05) is 5.73 Å². The maximum atomic E-state index is 6.32. The molecule has 0 atom stereocenters. The Morgan fingerprint density at radius 2 is 1.76 bits per heavy atom. The van der Waals surface area contributed by atoms with E-state index in [0.717, 1.165) is 16.7 Å². The molecule has 5 heteroatoms. The summed E-state index contributed by atoms with van der Waals surface area (Å²) in [6, 6.07) is 13.1. The van der Waals surface area contributed by atoms with Gasteiger partial charge in [0.1, 0.15) is 5.69 Å². The summed E-state index contributed by atoms with van der Waals surface area (Å²) in [4.78, 5) is 0. The number of aryl methyl sites for hydroxylation is 1. The first-order valence-electron chi connectivity index (χ1n) is 6.34. The molecular formula is C16H12Cl2N2O. The van der Waals surface area contributed by atoms with Crippen LogP contribution >= 0.6 is 23.2 Å². The average molecular weight is 319 g/mol. The lowest BCUT2D eigenvalue weighted by Gasteiger charge is -2.07. The first-order chi connectivity index (χ1) is 10.1. The highest BCUT2D eigenvalue weighted by Gasteiger charge is 2.20. The van der Waals surface area contributed by atoms with Gasteiger partial charge in [0.2, 0.25) is 5.88 Å². The molecule has 0 aliphatic rings. The van der Waals surface area contributed by atoms with Crippen molar-refractivity contribution in [1.29, 1.82) is 0 Å². The Kier molecular flexibility index (Phi) is 3.62. The van der Waals surface area contributed by atoms with E-state index in [1.807, 2.05) is 43.3 Å². The first kappa shape index (κ1) is 14.0. The van der Waals surface area contributed by atoms with Crippen LogP contribution in [0.3, 0.4) is 0 Å². The van der Waals surface area contributed by atoms with Gasteiger partial charge in [0, 0.05) is 16.1 Å². The van der Waals surface area contributed by atoms with Gasteiger partial charge in [-0.2, -0.15) is 0 Å². The van der Waals surface area contributed by atoms with Crippen LogP contribution in [0.15, 0.2) is 47.0 Å². The van der Waals surface area contributed by atoms with E-state index in [4.69, 9.17) is 33.5 Å². The van der Waals surface area contributed by atoms with Crippen molar-refractivity contribution in [2.24, 2.45) is 0 Å². The second kappa shape index (κ2) is 5.43. The molecule has 1 aromatic heterocycles. The molecule has 0 aliphatic carbocycles. The largest absolute Gasteiger partial charge is 0.367 e. The highest BCUT2D eigenvalue weighted by atomic mass is 35.5. The maximum Gasteiger partial charge on any atom is 0.230 e. The van der Waals surface area contributed by atoms with Gasteiger partial charge in [0.05, 0.1) is 10.6 Å². The molecule has 0 fully saturated rings. The van der Waals surface area contributed by atoms with Gasteiger partial charge in [-0.05, 0) is 24.6 Å². The van der Waals surface area contributed by atoms with Crippen molar-refractivity contribution >= 4 is 29.1 Å². The van der Waals surface area contributed by atoms with E-state index in [-0.39, 0.29) is 5.88 Å². The Hall–Kier alpha value is -1.97. The molecule has 3 aromatic rings. The van der Waals surface area contributed by atoms with E-state index >= 15 is 0 Å². The van der Waals surface area contributed by atoms with Gasteiger partial charge >= 0.3 is 0 Å². The number of benzene rings is 2. The highest BCUT2D eigenvalue weighted by Crippen LogP contribution is 2.41. The molecule has 106 valence electrons. The van der Waals surface area contributed by atoms with Gasteiger partial charge in [0.25, 0.3) is 0 Å². The summed E-state index contributed by atoms with van der Waals surface area (Å²) in [6.45, 7) is 1.97. The van der Waals surface area contributed by atoms with Crippen LogP contribution in [0.1, 0.15) is 5.56 Å². The zero-order valence-electron chi connectivity index (χ0n) is 11.2. The summed E-state index contributed by atoms with van der Waals surface area (Å²) >= 11 is 12.6. The zero-order valence-corrected chi connectivity index (χ0v) is 12.7. The number of nitrogens with zero attached hydrogens (tertiary/aromatic N) is 1. The normalized spacial score (nSPS) is 10.8. The molecule has 0 spiro atoms. The number of rotatable bonds is 2. The van der Waals surface area contributed by atoms with E-state index < -0.39 is 0 Å². The maximum absolute atomic E-state index is 6.32. The summed E-state index contributed by atoms with van der Waals surface area (Å²) in [7, 11) is 0. The third-order valence-corrected chi connectivity index (χ3v) is 3.88. The predicted molar refractivity (Wildman–Crippen MR) is 86.5 cm³/mol. The number of nitrogens with two attached hydrogens (primary N) is 1. The van der Waals surface area contributed by atoms with Crippen molar-refractivity contribution in [1.82, 2.24) is 5.16 Å². The van der Waals surface area contributed by atoms with Crippen LogP contribution < -0.4 is 5.73 Å². The van der Waals surface area contributed by atoms with Crippen LogP contribution in [0.5, 0.6) is 0 Å². The lowest BCUT2D eigenvalue weighted by atomic mass is 10.00. The summed E-state index contributed by atoms with van der Waals surface area (Å²) < 4.78 is 5.16. The lowest BCUT2D eigenvalue weighted by Crippen LogP contribution is -1.89. The van der Waals surface area contributed by atoms with Crippen molar-refractivity contribution in [3.8, 4) is 22.4 Å². The molecule has 2 aromatic carbocycles. The Morgan fingerprint density at radius 1 is 1.00 bits per heavy atom. The standard InChI is InChI=1S/C16H12Cl2N2O/c1-9-6-7-11(13(18)8-9)15-14(16(19)21-20-15)10-4-2-3-5-12(10)17/h2-8H,19H2,1H3. The van der Waals surface area contributed by atoms with Crippen LogP contribution in [-0.2, 0) is 0 Å². The SMILES string of the molecule is Cc1ccc(-c2noc(N)c2-c2ccccc2Cl)c(Cl)c1. The molecule has 0 saturated carbocycles. The average Bonchev–Trinajstić information content (AvgIpc) is 2.81. The summed E-state index contributed by atoms with van der Waals surface area (Å²) in [5, 5.41) is 5.23. The fourth-order valence-electron chi connectivity index (χ4n) is 2.22. The van der Waals surface area contributed by atoms with E-state index in [1.54, 1.807) is 6.07 Å². The molecule has 3 rings (SSSR count). The van der Waals surface area contributed by atoms with E-state index in [2.05, 4.69) is 5.16 Å². The van der Waals surface area contributed by atoms with Gasteiger partial charge in [0.15, 0.2) is 0 Å². The van der Waals surface area contributed by atoms with Gasteiger partial charge in [-0.25, -0.2) is 0 Å². The van der Waals surface area contributed by atoms with E-state index in [9.17, 15) is 0 Å². The van der Waals surface area contributed by atoms with E-state index in [0.29, 0.717) is 21.3 Å². The molecule has 0 radical (unpaired) electrons. The van der Waals surface area contributed by atoms with Crippen LogP contribution in [0.4, 0.5) is 5.88 Å². The molecule has 0 bridgehead atoms. The number of nitrogen functional groups attached to an aromatic ring is 1. The van der Waals surface area contributed by atoms with E-state index in [1.165, 1.54) is 0 Å². The molecule has 0 amide bonds. The van der Waals surface area contributed by atoms with Crippen LogP contribution in [0.2, 0.25) is 10.0 Å². The molecular weight excluding hydrogens is 307 g/mol. The van der Waals surface area contributed by atoms with Crippen molar-refractivity contribution < 1.29 is 4.52 Å². The number of hydrogen-bond donors (Lipinski definition) is 1. The summed E-state index contributed by atoms with van der Waals surface area (Å²) in [5.41, 5.74) is 9.77. The Labute approximate surface area is 132 Å². The van der Waals surface area contributed by atoms with Crippen LogP contribution in [0.25, 0.3) is 22.4 Å². The molecule has 0 aliphatic heterocycles. The Morgan fingerprint density at radius 3 is 2.48 bits per heavy atom. The van der Waals surface area contributed by atoms with Crippen LogP contribution in [-0.4, -0.2) is 5.16 Å². The van der Waals surface area contributed by atoms with Crippen LogP contribution in [0, 0.1) is 6.92 Å². The molecule has 0 saturated heterocycles. The van der Waals surface area contributed by atoms with Crippen molar-refractivity contribution in [2.45, 2.75) is 6.92 Å². The molecule has 1 heterocycles. The quantitative estimate of drug-likeness (QED) is 0.706. The van der Waals surface area contributed by atoms with Gasteiger partial charge in [-0.1, -0.05) is 58.7 Å². The Balaban J connectivity index is 2.25. The first-order valence-corrected chi connectivity index (χ1v) is 7.10. The van der Waals surface area contributed by atoms with Crippen molar-refractivity contribution in [3.05, 3.63) is 58.1 Å². The number of anilines is 1. The molecule has 0 unspecified atom stereocenters. The fourth-order valence-corrected chi connectivity index (χ4v) is 2.78.